The maximum atomic E-state index is 10.2. The molecule has 10 heavy (non-hydrogen) atoms. The summed E-state index contributed by atoms with van der Waals surface area (Å²) in [4.78, 5) is 0. The van der Waals surface area contributed by atoms with Gasteiger partial charge in [-0.2, -0.15) is 13.6 Å². The molecular formula is CH2ClN5O2S. The molecule has 0 fully saturated rings. The summed E-state index contributed by atoms with van der Waals surface area (Å²) in [7, 11) is 0.954. The van der Waals surface area contributed by atoms with E-state index in [1.807, 2.05) is 0 Å². The average Bonchev–Trinajstić information content (AvgIpc) is 2.12. The van der Waals surface area contributed by atoms with E-state index < -0.39 is 9.24 Å². The fourth-order valence-corrected chi connectivity index (χ4v) is 0.826. The molecular weight excluding hydrogens is 182 g/mol. The molecule has 0 aromatic carbocycles. The van der Waals surface area contributed by atoms with Crippen LogP contribution < -0.4 is 4.72 Å². The molecule has 0 amide bonds. The number of H-pyrrole nitrogens is 1. The van der Waals surface area contributed by atoms with Gasteiger partial charge in [-0.3, -0.25) is 0 Å². The van der Waals surface area contributed by atoms with E-state index in [0.29, 0.717) is 0 Å². The summed E-state index contributed by atoms with van der Waals surface area (Å²) >= 11 is 0. The third kappa shape index (κ3) is 2.15. The molecule has 0 radical (unpaired) electrons. The minimum atomic E-state index is -3.81. The number of anilines is 1. The van der Waals surface area contributed by atoms with Crippen LogP contribution in [0.15, 0.2) is 0 Å². The number of nitrogens with zero attached hydrogens (tertiary/aromatic N) is 3. The van der Waals surface area contributed by atoms with Gasteiger partial charge >= 0.3 is 9.24 Å². The zero-order valence-corrected chi connectivity index (χ0v) is 6.02. The number of hydrogen-bond donors (Lipinski definition) is 2. The number of nitrogens with one attached hydrogen (secondary N) is 2. The lowest BCUT2D eigenvalue weighted by Crippen LogP contribution is -2.05. The van der Waals surface area contributed by atoms with E-state index in [1.54, 1.807) is 4.72 Å². The number of aromatic nitrogens is 4. The summed E-state index contributed by atoms with van der Waals surface area (Å²) < 4.78 is 22.2. The molecule has 2 N–H and O–H groups in total. The minimum absolute atomic E-state index is 0.185. The third-order valence-electron chi connectivity index (χ3n) is 0.559. The van der Waals surface area contributed by atoms with Crippen LogP contribution in [-0.4, -0.2) is 29.0 Å². The molecule has 0 aliphatic heterocycles. The van der Waals surface area contributed by atoms with Crippen LogP contribution in [-0.2, 0) is 9.24 Å². The summed E-state index contributed by atoms with van der Waals surface area (Å²) in [5.74, 6) is -0.185. The Morgan fingerprint density at radius 2 is 2.30 bits per heavy atom. The molecule has 7 nitrogen and oxygen atoms in total. The van der Waals surface area contributed by atoms with E-state index in [0.717, 1.165) is 0 Å². The Kier molecular flexibility index (Phi) is 1.72. The highest BCUT2D eigenvalue weighted by atomic mass is 35.7. The first-order valence-electron chi connectivity index (χ1n) is 2.04. The van der Waals surface area contributed by atoms with Crippen LogP contribution in [0.4, 0.5) is 5.95 Å². The standard InChI is InChI=1S/CH2ClN5O2S/c2-10(8,9)5-1-3-6-7-4-1/h(H2,3,4,5,6,7). The molecule has 1 rings (SSSR count). The van der Waals surface area contributed by atoms with Crippen molar-refractivity contribution in [3.8, 4) is 0 Å². The SMILES string of the molecule is O=S(=O)(Cl)Nc1nn[nH]n1. The molecule has 0 spiro atoms. The van der Waals surface area contributed by atoms with Crippen LogP contribution in [0.5, 0.6) is 0 Å². The Balaban J connectivity index is 2.75. The summed E-state index contributed by atoms with van der Waals surface area (Å²) in [5, 5.41) is 11.7. The molecule has 9 heteroatoms. The molecule has 0 unspecified atom stereocenters. The maximum Gasteiger partial charge on any atom is 0.321 e. The number of halogens is 1. The van der Waals surface area contributed by atoms with Gasteiger partial charge in [0.05, 0.1) is 0 Å². The molecule has 56 valence electrons. The van der Waals surface area contributed by atoms with E-state index in [2.05, 4.69) is 20.6 Å². The van der Waals surface area contributed by atoms with Crippen molar-refractivity contribution in [3.63, 3.8) is 0 Å². The monoisotopic (exact) mass is 183 g/mol. The van der Waals surface area contributed by atoms with E-state index >= 15 is 0 Å². The second-order valence-corrected chi connectivity index (χ2v) is 3.57. The summed E-state index contributed by atoms with van der Waals surface area (Å²) in [6.07, 6.45) is 0. The molecule has 0 saturated heterocycles. The fourth-order valence-electron chi connectivity index (χ4n) is 0.314. The van der Waals surface area contributed by atoms with Crippen LogP contribution in [0, 0.1) is 0 Å². The molecule has 0 aliphatic carbocycles. The van der Waals surface area contributed by atoms with Gasteiger partial charge in [-0.15, -0.1) is 5.10 Å². The van der Waals surface area contributed by atoms with Gasteiger partial charge in [0.2, 0.25) is 0 Å². The third-order valence-corrected chi connectivity index (χ3v) is 1.22. The number of hydrogen-bond acceptors (Lipinski definition) is 5. The van der Waals surface area contributed by atoms with Crippen molar-refractivity contribution in [2.45, 2.75) is 0 Å². The maximum absolute atomic E-state index is 10.2. The van der Waals surface area contributed by atoms with Crippen molar-refractivity contribution in [1.29, 1.82) is 0 Å². The fraction of sp³-hybridized carbons (Fsp3) is 0. The molecule has 0 saturated carbocycles. The predicted molar refractivity (Wildman–Crippen MR) is 32.6 cm³/mol. The normalized spacial score (nSPS) is 11.3. The van der Waals surface area contributed by atoms with E-state index in [1.165, 1.54) is 0 Å². The Morgan fingerprint density at radius 1 is 1.60 bits per heavy atom. The van der Waals surface area contributed by atoms with Gasteiger partial charge in [0, 0.05) is 10.7 Å². The van der Waals surface area contributed by atoms with Crippen LogP contribution >= 0.6 is 10.7 Å². The van der Waals surface area contributed by atoms with Gasteiger partial charge in [-0.25, -0.2) is 4.72 Å². The Bertz CT molecular complexity index is 289. The first kappa shape index (κ1) is 7.22. The van der Waals surface area contributed by atoms with Crippen LogP contribution in [0.2, 0.25) is 0 Å². The van der Waals surface area contributed by atoms with E-state index in [4.69, 9.17) is 10.7 Å². The minimum Gasteiger partial charge on any atom is -0.236 e. The average molecular weight is 184 g/mol. The molecule has 1 aromatic rings. The molecule has 0 atom stereocenters. The van der Waals surface area contributed by atoms with Gasteiger partial charge in [0.15, 0.2) is 0 Å². The predicted octanol–water partition coefficient (Wildman–Crippen LogP) is -0.905. The van der Waals surface area contributed by atoms with Crippen LogP contribution in [0.25, 0.3) is 0 Å². The van der Waals surface area contributed by atoms with Gasteiger partial charge in [-0.05, 0) is 5.21 Å². The van der Waals surface area contributed by atoms with Crippen LogP contribution in [0.1, 0.15) is 0 Å². The zero-order chi connectivity index (χ0) is 7.61. The molecule has 0 aliphatic rings. The number of tetrazole rings is 1. The van der Waals surface area contributed by atoms with Crippen molar-refractivity contribution in [2.24, 2.45) is 0 Å². The van der Waals surface area contributed by atoms with Gasteiger partial charge in [-0.1, -0.05) is 5.10 Å². The highest BCUT2D eigenvalue weighted by Crippen LogP contribution is 1.99. The summed E-state index contributed by atoms with van der Waals surface area (Å²) in [5.41, 5.74) is 0. The van der Waals surface area contributed by atoms with Gasteiger partial charge in [0.25, 0.3) is 5.95 Å². The number of aromatic amines is 1. The van der Waals surface area contributed by atoms with Gasteiger partial charge < -0.3 is 0 Å². The smallest absolute Gasteiger partial charge is 0.236 e. The first-order valence-corrected chi connectivity index (χ1v) is 4.35. The second kappa shape index (κ2) is 2.39. The first-order chi connectivity index (χ1) is 4.58. The zero-order valence-electron chi connectivity index (χ0n) is 4.44. The van der Waals surface area contributed by atoms with Crippen LogP contribution in [0.3, 0.4) is 0 Å². The molecule has 1 heterocycles. The lowest BCUT2D eigenvalue weighted by Gasteiger charge is -1.90. The Hall–Kier alpha value is -0.890. The number of rotatable bonds is 2. The molecule has 0 bridgehead atoms. The highest BCUT2D eigenvalue weighted by Gasteiger charge is 2.06. The topological polar surface area (TPSA) is 101 Å². The second-order valence-electron chi connectivity index (χ2n) is 1.28. The van der Waals surface area contributed by atoms with Crippen molar-refractivity contribution in [1.82, 2.24) is 20.6 Å². The lowest BCUT2D eigenvalue weighted by atomic mass is 11.2. The Labute approximate surface area is 60.3 Å². The molecule has 1 aromatic heterocycles. The lowest BCUT2D eigenvalue weighted by molar-refractivity contribution is 0.614. The summed E-state index contributed by atoms with van der Waals surface area (Å²) in [6, 6.07) is 0. The highest BCUT2D eigenvalue weighted by molar-refractivity contribution is 8.14. The largest absolute Gasteiger partial charge is 0.321 e. The van der Waals surface area contributed by atoms with E-state index in [-0.39, 0.29) is 5.95 Å². The van der Waals surface area contributed by atoms with Crippen molar-refractivity contribution < 1.29 is 8.42 Å². The summed E-state index contributed by atoms with van der Waals surface area (Å²) in [6.45, 7) is 0. The van der Waals surface area contributed by atoms with E-state index in [9.17, 15) is 8.42 Å². The Morgan fingerprint density at radius 3 is 2.70 bits per heavy atom. The van der Waals surface area contributed by atoms with Gasteiger partial charge in [0.1, 0.15) is 0 Å². The van der Waals surface area contributed by atoms with Crippen molar-refractivity contribution in [2.75, 3.05) is 4.72 Å². The quantitative estimate of drug-likeness (QED) is 0.579. The van der Waals surface area contributed by atoms with Crippen molar-refractivity contribution in [3.05, 3.63) is 0 Å². The van der Waals surface area contributed by atoms with Crippen molar-refractivity contribution >= 4 is 25.9 Å².